The maximum Gasteiger partial charge on any atom is 0.311 e. The first-order valence-corrected chi connectivity index (χ1v) is 11.5. The van der Waals surface area contributed by atoms with Crippen LogP contribution in [0.2, 0.25) is 0 Å². The first-order valence-electron chi connectivity index (χ1n) is 11.5. The fraction of sp³-hybridized carbons (Fsp3) is 0.958. The van der Waals surface area contributed by atoms with Crippen molar-refractivity contribution in [1.82, 2.24) is 0 Å². The Labute approximate surface area is 165 Å². The molecule has 0 aromatic carbocycles. The van der Waals surface area contributed by atoms with Crippen LogP contribution < -0.4 is 0 Å². The van der Waals surface area contributed by atoms with Crippen LogP contribution in [0.15, 0.2) is 0 Å². The normalized spacial score (nSPS) is 49.7. The Balaban J connectivity index is 1.60. The molecule has 3 heteroatoms. The van der Waals surface area contributed by atoms with Crippen LogP contribution in [-0.2, 0) is 9.53 Å². The third kappa shape index (κ3) is 2.74. The second-order valence-electron chi connectivity index (χ2n) is 11.8. The van der Waals surface area contributed by atoms with Gasteiger partial charge in [0.2, 0.25) is 0 Å². The molecule has 0 aromatic heterocycles. The highest BCUT2D eigenvalue weighted by molar-refractivity contribution is 5.75. The highest BCUT2D eigenvalue weighted by Gasteiger charge is 2.68. The summed E-state index contributed by atoms with van der Waals surface area (Å²) in [6.45, 7) is 10.5. The highest BCUT2D eigenvalue weighted by atomic mass is 16.5. The molecule has 0 radical (unpaired) electrons. The molecule has 0 saturated heterocycles. The van der Waals surface area contributed by atoms with Crippen molar-refractivity contribution in [2.45, 2.75) is 111 Å². The smallest absolute Gasteiger partial charge is 0.311 e. The van der Waals surface area contributed by atoms with Gasteiger partial charge in [-0.15, -0.1) is 0 Å². The predicted octanol–water partition coefficient (Wildman–Crippen LogP) is 5.49. The van der Waals surface area contributed by atoms with Crippen LogP contribution in [0.25, 0.3) is 0 Å². The van der Waals surface area contributed by atoms with Gasteiger partial charge in [0.25, 0.3) is 0 Å². The molecule has 4 rings (SSSR count). The molecule has 7 atom stereocenters. The first-order chi connectivity index (χ1) is 12.5. The lowest BCUT2D eigenvalue weighted by molar-refractivity contribution is -0.220. The summed E-state index contributed by atoms with van der Waals surface area (Å²) in [5.41, 5.74) is -1.02. The molecule has 154 valence electrons. The van der Waals surface area contributed by atoms with E-state index in [1.807, 2.05) is 20.8 Å². The van der Waals surface area contributed by atoms with Gasteiger partial charge in [0, 0.05) is 5.41 Å². The summed E-state index contributed by atoms with van der Waals surface area (Å²) in [5, 5.41) is 12.1. The van der Waals surface area contributed by atoms with Crippen molar-refractivity contribution in [3.8, 4) is 0 Å². The summed E-state index contributed by atoms with van der Waals surface area (Å²) in [5.74, 6) is 1.76. The van der Waals surface area contributed by atoms with Gasteiger partial charge in [0.1, 0.15) is 6.10 Å². The topological polar surface area (TPSA) is 46.5 Å². The molecule has 4 aliphatic carbocycles. The fourth-order valence-electron chi connectivity index (χ4n) is 7.71. The summed E-state index contributed by atoms with van der Waals surface area (Å²) in [6.07, 6.45) is 11.6. The minimum absolute atomic E-state index is 0.122. The largest absolute Gasteiger partial charge is 0.461 e. The molecular weight excluding hydrogens is 336 g/mol. The molecule has 1 N–H and O–H groups in total. The van der Waals surface area contributed by atoms with Crippen LogP contribution in [0, 0.1) is 34.0 Å². The van der Waals surface area contributed by atoms with Gasteiger partial charge in [-0.1, -0.05) is 26.7 Å². The van der Waals surface area contributed by atoms with Gasteiger partial charge in [-0.2, -0.15) is 0 Å². The van der Waals surface area contributed by atoms with Crippen molar-refractivity contribution < 1.29 is 14.6 Å². The minimum atomic E-state index is -0.663. The maximum atomic E-state index is 12.6. The van der Waals surface area contributed by atoms with Gasteiger partial charge in [-0.3, -0.25) is 4.79 Å². The number of ether oxygens (including phenoxy) is 1. The third-order valence-electron chi connectivity index (χ3n) is 9.55. The van der Waals surface area contributed by atoms with E-state index in [4.69, 9.17) is 4.74 Å². The monoisotopic (exact) mass is 376 g/mol. The Bertz CT molecular complexity index is 607. The Morgan fingerprint density at radius 3 is 2.37 bits per heavy atom. The molecule has 0 aliphatic heterocycles. The summed E-state index contributed by atoms with van der Waals surface area (Å²) in [6, 6.07) is 0. The lowest BCUT2D eigenvalue weighted by Crippen LogP contribution is -2.62. The Morgan fingerprint density at radius 2 is 1.67 bits per heavy atom. The molecule has 0 amide bonds. The van der Waals surface area contributed by atoms with Crippen molar-refractivity contribution in [3.63, 3.8) is 0 Å². The molecule has 0 heterocycles. The number of carbonyl (C=O) groups excluding carboxylic acids is 1. The van der Waals surface area contributed by atoms with Crippen LogP contribution in [0.3, 0.4) is 0 Å². The van der Waals surface area contributed by atoms with E-state index in [-0.39, 0.29) is 17.5 Å². The van der Waals surface area contributed by atoms with Gasteiger partial charge in [-0.25, -0.2) is 0 Å². The van der Waals surface area contributed by atoms with Crippen LogP contribution in [0.5, 0.6) is 0 Å². The number of rotatable bonds is 1. The predicted molar refractivity (Wildman–Crippen MR) is 107 cm³/mol. The Kier molecular flexibility index (Phi) is 4.54. The molecular formula is C24H40O3. The molecule has 0 aromatic rings. The second kappa shape index (κ2) is 6.21. The van der Waals surface area contributed by atoms with Crippen LogP contribution >= 0.6 is 0 Å². The van der Waals surface area contributed by atoms with Gasteiger partial charge in [0.05, 0.1) is 11.0 Å². The number of carbonyl (C=O) groups is 1. The number of fused-ring (bicyclic) bond motifs is 5. The van der Waals surface area contributed by atoms with Gasteiger partial charge in [-0.05, 0) is 95.3 Å². The number of hydrogen-bond donors (Lipinski definition) is 1. The zero-order chi connectivity index (χ0) is 19.7. The standard InChI is InChI=1S/C24H40O3/c1-21(2,3)20(25)27-19-12-15-24(26)18-10-9-16-8-6-7-13-22(16,4)17(18)11-14-23(19,24)5/h16-19,26H,6-15H2,1-5H3/t16?,17-,18-,19?,22+,23-,24-/m1/s1. The average molecular weight is 377 g/mol. The van der Waals surface area contributed by atoms with E-state index in [2.05, 4.69) is 13.8 Å². The lowest BCUT2D eigenvalue weighted by atomic mass is 9.44. The average Bonchev–Trinajstić information content (AvgIpc) is 2.85. The van der Waals surface area contributed by atoms with Crippen molar-refractivity contribution in [1.29, 1.82) is 0 Å². The van der Waals surface area contributed by atoms with E-state index in [0.29, 0.717) is 17.3 Å². The first kappa shape index (κ1) is 19.7. The summed E-state index contributed by atoms with van der Waals surface area (Å²) >= 11 is 0. The number of hydrogen-bond acceptors (Lipinski definition) is 3. The SMILES string of the molecule is CC(C)(C)C(=O)OC1CC[C@@]2(O)[C@@H]3CCC4CCCC[C@]4(C)[C@@H]3CC[C@]12C. The van der Waals surface area contributed by atoms with Crippen LogP contribution in [-0.4, -0.2) is 22.8 Å². The van der Waals surface area contributed by atoms with Gasteiger partial charge < -0.3 is 9.84 Å². The Hall–Kier alpha value is -0.570. The van der Waals surface area contributed by atoms with Crippen LogP contribution in [0.1, 0.15) is 98.8 Å². The zero-order valence-corrected chi connectivity index (χ0v) is 18.1. The van der Waals surface area contributed by atoms with E-state index in [0.717, 1.165) is 31.6 Å². The molecule has 4 fully saturated rings. The molecule has 2 unspecified atom stereocenters. The number of aliphatic hydroxyl groups is 1. The Morgan fingerprint density at radius 1 is 0.926 bits per heavy atom. The quantitative estimate of drug-likeness (QED) is 0.615. The molecule has 3 nitrogen and oxygen atoms in total. The van der Waals surface area contributed by atoms with Crippen LogP contribution in [0.4, 0.5) is 0 Å². The summed E-state index contributed by atoms with van der Waals surface area (Å²) in [4.78, 5) is 12.6. The van der Waals surface area contributed by atoms with Gasteiger partial charge in [0.15, 0.2) is 0 Å². The highest BCUT2D eigenvalue weighted by Crippen LogP contribution is 2.68. The molecule has 4 saturated carbocycles. The molecule has 4 aliphatic rings. The summed E-state index contributed by atoms with van der Waals surface area (Å²) in [7, 11) is 0. The molecule has 27 heavy (non-hydrogen) atoms. The fourth-order valence-corrected chi connectivity index (χ4v) is 7.71. The number of esters is 1. The van der Waals surface area contributed by atoms with Crippen molar-refractivity contribution in [2.24, 2.45) is 34.0 Å². The van der Waals surface area contributed by atoms with E-state index in [1.54, 1.807) is 0 Å². The van der Waals surface area contributed by atoms with Crippen molar-refractivity contribution in [2.75, 3.05) is 0 Å². The second-order valence-corrected chi connectivity index (χ2v) is 11.8. The van der Waals surface area contributed by atoms with E-state index in [1.165, 1.54) is 38.5 Å². The molecule has 0 bridgehead atoms. The van der Waals surface area contributed by atoms with Crippen molar-refractivity contribution >= 4 is 5.97 Å². The maximum absolute atomic E-state index is 12.6. The minimum Gasteiger partial charge on any atom is -0.461 e. The van der Waals surface area contributed by atoms with Crippen molar-refractivity contribution in [3.05, 3.63) is 0 Å². The van der Waals surface area contributed by atoms with E-state index >= 15 is 0 Å². The molecule has 0 spiro atoms. The van der Waals surface area contributed by atoms with E-state index in [9.17, 15) is 9.90 Å². The zero-order valence-electron chi connectivity index (χ0n) is 18.1. The third-order valence-corrected chi connectivity index (χ3v) is 9.55. The van der Waals surface area contributed by atoms with Gasteiger partial charge >= 0.3 is 5.97 Å². The lowest BCUT2D eigenvalue weighted by Gasteiger charge is -2.63. The van der Waals surface area contributed by atoms with E-state index < -0.39 is 11.0 Å². The summed E-state index contributed by atoms with van der Waals surface area (Å²) < 4.78 is 6.03.